The van der Waals surface area contributed by atoms with Crippen molar-refractivity contribution in [3.05, 3.63) is 46.7 Å². The van der Waals surface area contributed by atoms with Crippen LogP contribution in [0.15, 0.2) is 35.5 Å². The first-order valence-corrected chi connectivity index (χ1v) is 13.0. The van der Waals surface area contributed by atoms with Crippen LogP contribution < -0.4 is 0 Å². The number of carbonyl (C=O) groups is 3. The predicted molar refractivity (Wildman–Crippen MR) is 142 cm³/mol. The van der Waals surface area contributed by atoms with Gasteiger partial charge >= 0.3 is 12.2 Å². The lowest BCUT2D eigenvalue weighted by Crippen LogP contribution is -2.51. The van der Waals surface area contributed by atoms with Gasteiger partial charge in [-0.15, -0.1) is 0 Å². The highest BCUT2D eigenvalue weighted by atomic mass is 16.6. The maximum atomic E-state index is 13.5. The quantitative estimate of drug-likeness (QED) is 0.274. The molecule has 2 amide bonds. The van der Waals surface area contributed by atoms with Gasteiger partial charge in [-0.2, -0.15) is 5.01 Å². The molecule has 1 aromatic carbocycles. The molecule has 0 N–H and O–H groups in total. The van der Waals surface area contributed by atoms with Crippen molar-refractivity contribution < 1.29 is 23.9 Å². The van der Waals surface area contributed by atoms with E-state index in [-0.39, 0.29) is 11.8 Å². The lowest BCUT2D eigenvalue weighted by atomic mass is 9.96. The Bertz CT molecular complexity index is 967. The first-order valence-electron chi connectivity index (χ1n) is 13.0. The molecule has 1 aliphatic rings. The summed E-state index contributed by atoms with van der Waals surface area (Å²) < 4.78 is 11.5. The standard InChI is InChI=1S/C29H44N2O5/c1-10-11-12-13-14-24-20(2)30(26(33)35-28(4,5)6)31(27(34)36-29(7,8)9)25(24)19-22-15-17-23(18-16-22)21(3)32/h15-18,20H,10-14,19H2,1-9H3. The van der Waals surface area contributed by atoms with E-state index >= 15 is 0 Å². The van der Waals surface area contributed by atoms with E-state index in [0.29, 0.717) is 12.0 Å². The summed E-state index contributed by atoms with van der Waals surface area (Å²) in [5.41, 5.74) is 1.87. The second-order valence-electron chi connectivity index (χ2n) is 11.5. The van der Waals surface area contributed by atoms with Crippen LogP contribution in [0.2, 0.25) is 0 Å². The van der Waals surface area contributed by atoms with E-state index in [1.54, 1.807) is 53.7 Å². The third-order valence-corrected chi connectivity index (χ3v) is 5.89. The van der Waals surface area contributed by atoms with E-state index < -0.39 is 23.4 Å². The first kappa shape index (κ1) is 29.4. The fourth-order valence-electron chi connectivity index (χ4n) is 4.21. The van der Waals surface area contributed by atoms with E-state index in [0.717, 1.165) is 48.9 Å². The van der Waals surface area contributed by atoms with Crippen molar-refractivity contribution in [2.24, 2.45) is 0 Å². The minimum atomic E-state index is -0.738. The third kappa shape index (κ3) is 8.10. The Morgan fingerprint density at radius 3 is 1.92 bits per heavy atom. The van der Waals surface area contributed by atoms with Crippen molar-refractivity contribution in [1.29, 1.82) is 0 Å². The molecule has 1 aromatic rings. The van der Waals surface area contributed by atoms with Crippen LogP contribution in [-0.2, 0) is 15.9 Å². The zero-order valence-electron chi connectivity index (χ0n) is 23.6. The molecule has 0 bridgehead atoms. The summed E-state index contributed by atoms with van der Waals surface area (Å²) in [6, 6.07) is 7.02. The lowest BCUT2D eigenvalue weighted by molar-refractivity contribution is -0.0490. The van der Waals surface area contributed by atoms with E-state index in [4.69, 9.17) is 9.47 Å². The number of amides is 2. The molecule has 7 heteroatoms. The molecule has 7 nitrogen and oxygen atoms in total. The van der Waals surface area contributed by atoms with Crippen LogP contribution >= 0.6 is 0 Å². The summed E-state index contributed by atoms with van der Waals surface area (Å²) in [4.78, 5) is 38.6. The van der Waals surface area contributed by atoms with Crippen molar-refractivity contribution in [3.8, 4) is 0 Å². The summed E-state index contributed by atoms with van der Waals surface area (Å²) in [5.74, 6) is -0.00153. The van der Waals surface area contributed by atoms with Crippen LogP contribution in [0.3, 0.4) is 0 Å². The Labute approximate surface area is 216 Å². The Kier molecular flexibility index (Phi) is 9.75. The summed E-state index contributed by atoms with van der Waals surface area (Å²) in [5, 5.41) is 2.77. The average Bonchev–Trinajstić information content (AvgIpc) is 3.01. The molecule has 0 spiro atoms. The van der Waals surface area contributed by atoms with Crippen LogP contribution in [0.4, 0.5) is 9.59 Å². The first-order chi connectivity index (χ1) is 16.6. The Morgan fingerprint density at radius 1 is 0.861 bits per heavy atom. The lowest BCUT2D eigenvalue weighted by Gasteiger charge is -2.35. The monoisotopic (exact) mass is 500 g/mol. The number of hydrogen-bond acceptors (Lipinski definition) is 5. The molecule has 0 aliphatic carbocycles. The molecule has 0 aromatic heterocycles. The second kappa shape index (κ2) is 11.9. The molecule has 0 saturated heterocycles. The number of hydrazine groups is 1. The Balaban J connectivity index is 2.54. The van der Waals surface area contributed by atoms with Gasteiger partial charge < -0.3 is 9.47 Å². The third-order valence-electron chi connectivity index (χ3n) is 5.89. The molecular formula is C29H44N2O5. The fourth-order valence-corrected chi connectivity index (χ4v) is 4.21. The number of hydrogen-bond donors (Lipinski definition) is 0. The van der Waals surface area contributed by atoms with Gasteiger partial charge in [0.2, 0.25) is 0 Å². The van der Waals surface area contributed by atoms with Gasteiger partial charge in [0.15, 0.2) is 5.78 Å². The molecule has 36 heavy (non-hydrogen) atoms. The smallest absolute Gasteiger partial charge is 0.434 e. The molecule has 1 heterocycles. The normalized spacial score (nSPS) is 16.4. The Morgan fingerprint density at radius 2 is 1.42 bits per heavy atom. The van der Waals surface area contributed by atoms with Gasteiger partial charge in [0.1, 0.15) is 11.2 Å². The van der Waals surface area contributed by atoms with E-state index in [2.05, 4.69) is 6.92 Å². The predicted octanol–water partition coefficient (Wildman–Crippen LogP) is 7.45. The van der Waals surface area contributed by atoms with Gasteiger partial charge in [0, 0.05) is 12.0 Å². The van der Waals surface area contributed by atoms with E-state index in [1.807, 2.05) is 19.1 Å². The van der Waals surface area contributed by atoms with Crippen LogP contribution in [0.5, 0.6) is 0 Å². The van der Waals surface area contributed by atoms with Crippen LogP contribution in [0, 0.1) is 0 Å². The van der Waals surface area contributed by atoms with Crippen LogP contribution in [0.1, 0.15) is 110 Å². The zero-order chi connectivity index (χ0) is 27.3. The van der Waals surface area contributed by atoms with Crippen molar-refractivity contribution in [2.45, 2.75) is 118 Å². The maximum absolute atomic E-state index is 13.5. The summed E-state index contributed by atoms with van der Waals surface area (Å²) in [6.45, 7) is 16.5. The van der Waals surface area contributed by atoms with Gasteiger partial charge in [-0.25, -0.2) is 14.6 Å². The number of allylic oxidation sites excluding steroid dienone is 1. The van der Waals surface area contributed by atoms with Gasteiger partial charge in [-0.1, -0.05) is 50.5 Å². The zero-order valence-corrected chi connectivity index (χ0v) is 23.6. The molecule has 0 fully saturated rings. The minimum absolute atomic E-state index is 0.00153. The fraction of sp³-hybridized carbons (Fsp3) is 0.621. The molecule has 0 radical (unpaired) electrons. The Hall–Kier alpha value is -2.83. The number of nitrogens with zero attached hydrogens (tertiary/aromatic N) is 2. The van der Waals surface area contributed by atoms with Crippen molar-refractivity contribution in [1.82, 2.24) is 10.0 Å². The van der Waals surface area contributed by atoms with E-state index in [9.17, 15) is 14.4 Å². The highest BCUT2D eigenvalue weighted by Crippen LogP contribution is 2.37. The topological polar surface area (TPSA) is 76.2 Å². The molecule has 1 unspecified atom stereocenters. The van der Waals surface area contributed by atoms with Crippen LogP contribution in [0.25, 0.3) is 0 Å². The average molecular weight is 501 g/mol. The van der Waals surface area contributed by atoms with Gasteiger partial charge in [-0.3, -0.25) is 4.79 Å². The number of unbranched alkanes of at least 4 members (excludes halogenated alkanes) is 3. The summed E-state index contributed by atoms with van der Waals surface area (Å²) >= 11 is 0. The van der Waals surface area contributed by atoms with E-state index in [1.165, 1.54) is 16.9 Å². The molecular weight excluding hydrogens is 456 g/mol. The van der Waals surface area contributed by atoms with Crippen molar-refractivity contribution in [3.63, 3.8) is 0 Å². The van der Waals surface area contributed by atoms with Crippen molar-refractivity contribution in [2.75, 3.05) is 0 Å². The number of Topliss-reactive ketones (excluding diaryl/α,β-unsaturated/α-hetero) is 1. The van der Waals surface area contributed by atoms with Gasteiger partial charge in [-0.05, 0) is 79.4 Å². The number of benzene rings is 1. The SMILES string of the molecule is CCCCCCC1=C(Cc2ccc(C(C)=O)cc2)N(C(=O)OC(C)(C)C)N(C(=O)OC(C)(C)C)C1C. The number of ether oxygens (including phenoxy) is 2. The minimum Gasteiger partial charge on any atom is -0.442 e. The molecule has 200 valence electrons. The number of ketones is 1. The highest BCUT2D eigenvalue weighted by Gasteiger charge is 2.45. The molecule has 1 atom stereocenters. The number of carbonyl (C=O) groups excluding carboxylic acids is 3. The largest absolute Gasteiger partial charge is 0.442 e. The van der Waals surface area contributed by atoms with Gasteiger partial charge in [0.05, 0.1) is 11.7 Å². The molecule has 1 aliphatic heterocycles. The van der Waals surface area contributed by atoms with Crippen molar-refractivity contribution >= 4 is 18.0 Å². The van der Waals surface area contributed by atoms with Crippen LogP contribution in [-0.4, -0.2) is 45.2 Å². The maximum Gasteiger partial charge on any atom is 0.434 e. The molecule has 0 saturated carbocycles. The molecule has 2 rings (SSSR count). The summed E-state index contributed by atoms with van der Waals surface area (Å²) in [6.07, 6.45) is 4.28. The summed E-state index contributed by atoms with van der Waals surface area (Å²) in [7, 11) is 0. The highest BCUT2D eigenvalue weighted by molar-refractivity contribution is 5.94. The second-order valence-corrected chi connectivity index (χ2v) is 11.5. The number of rotatable bonds is 8. The van der Waals surface area contributed by atoms with Gasteiger partial charge in [0.25, 0.3) is 0 Å².